The Morgan fingerprint density at radius 1 is 0.413 bits per heavy atom. The van der Waals surface area contributed by atoms with Gasteiger partial charge in [-0.05, 0) is 112 Å². The van der Waals surface area contributed by atoms with Crippen LogP contribution in [0.15, 0.2) is 91.0 Å². The molecule has 0 aliphatic heterocycles. The van der Waals surface area contributed by atoms with Gasteiger partial charge in [0.2, 0.25) is 41.4 Å². The quantitative estimate of drug-likeness (QED) is 0.0369. The van der Waals surface area contributed by atoms with Crippen LogP contribution in [0.2, 0.25) is 0 Å². The summed E-state index contributed by atoms with van der Waals surface area (Å²) in [6.45, 7) is 8.05. The number of nitrogens with one attached hydrogen (secondary N) is 7. The number of benzene rings is 3. The molecule has 0 aliphatic rings. The summed E-state index contributed by atoms with van der Waals surface area (Å²) in [6, 6.07) is 18.9. The van der Waals surface area contributed by atoms with Crippen LogP contribution in [0.3, 0.4) is 0 Å². The van der Waals surface area contributed by atoms with Crippen LogP contribution in [0.1, 0.15) is 102 Å². The van der Waals surface area contributed by atoms with Gasteiger partial charge in [0, 0.05) is 13.0 Å². The maximum absolute atomic E-state index is 14.0. The SMILES string of the molecule is CC(C)C[C@@H](NC(=O)[C@H](N)Cc1ccccc1)C(=O)N[C@H](CCCN)C(=O)N[C@H](CCCCNC(=O)[C@@H](CCCN)NC(=O)[C@@H](CC(C)C)NC(=O)[C@@H](Cc1ccccc1)NC(=O)[C@H](N)Cc1ccccc1)C(=O)O. The van der Waals surface area contributed by atoms with E-state index >= 15 is 0 Å². The van der Waals surface area contributed by atoms with Crippen LogP contribution in [0, 0.1) is 11.8 Å². The third-order valence-corrected chi connectivity index (χ3v) is 12.4. The largest absolute Gasteiger partial charge is 0.480 e. The maximum Gasteiger partial charge on any atom is 0.326 e. The van der Waals surface area contributed by atoms with Gasteiger partial charge in [-0.3, -0.25) is 33.6 Å². The van der Waals surface area contributed by atoms with Gasteiger partial charge in [-0.2, -0.15) is 0 Å². The fraction of sp³-hybridized carbons (Fsp3) is 0.527. The number of carbonyl (C=O) groups is 8. The van der Waals surface area contributed by atoms with Crippen molar-refractivity contribution in [2.75, 3.05) is 19.6 Å². The van der Waals surface area contributed by atoms with Crippen molar-refractivity contribution in [3.05, 3.63) is 108 Å². The van der Waals surface area contributed by atoms with E-state index in [-0.39, 0.29) is 89.3 Å². The van der Waals surface area contributed by atoms with E-state index in [1.54, 1.807) is 0 Å². The molecular weight excluding hydrogens is 959 g/mol. The molecule has 0 aliphatic carbocycles. The van der Waals surface area contributed by atoms with Gasteiger partial charge in [0.1, 0.15) is 36.3 Å². The number of nitrogens with two attached hydrogens (primary N) is 4. The Kier molecular flexibility index (Phi) is 28.3. The zero-order valence-electron chi connectivity index (χ0n) is 44.1. The lowest BCUT2D eigenvalue weighted by molar-refractivity contribution is -0.142. The summed E-state index contributed by atoms with van der Waals surface area (Å²) in [5, 5.41) is 29.3. The average molecular weight is 1040 g/mol. The molecule has 0 heterocycles. The van der Waals surface area contributed by atoms with Gasteiger partial charge in [0.15, 0.2) is 0 Å². The Hall–Kier alpha value is -6.74. The van der Waals surface area contributed by atoms with Gasteiger partial charge in [-0.1, -0.05) is 119 Å². The monoisotopic (exact) mass is 1040 g/mol. The van der Waals surface area contributed by atoms with Gasteiger partial charge in [0.25, 0.3) is 0 Å². The van der Waals surface area contributed by atoms with Crippen LogP contribution in [-0.4, -0.2) is 120 Å². The smallest absolute Gasteiger partial charge is 0.326 e. The zero-order chi connectivity index (χ0) is 55.3. The second-order valence-electron chi connectivity index (χ2n) is 19.9. The topological polar surface area (TPSA) is 345 Å². The Labute approximate surface area is 441 Å². The molecule has 0 aromatic heterocycles. The van der Waals surface area contributed by atoms with Crippen LogP contribution in [-0.2, 0) is 57.6 Å². The van der Waals surface area contributed by atoms with E-state index in [9.17, 15) is 43.5 Å². The van der Waals surface area contributed by atoms with Crippen molar-refractivity contribution in [2.45, 2.75) is 153 Å². The molecule has 3 rings (SSSR count). The number of aliphatic carboxylic acids is 1. The molecule has 8 atom stereocenters. The average Bonchev–Trinajstić information content (AvgIpc) is 3.37. The molecule has 0 saturated heterocycles. The fourth-order valence-electron chi connectivity index (χ4n) is 8.28. The van der Waals surface area contributed by atoms with E-state index in [0.717, 1.165) is 16.7 Å². The number of carboxylic acid groups (broad SMARTS) is 1. The highest BCUT2D eigenvalue weighted by molar-refractivity contribution is 5.96. The van der Waals surface area contributed by atoms with Gasteiger partial charge in [-0.15, -0.1) is 0 Å². The molecule has 0 saturated carbocycles. The van der Waals surface area contributed by atoms with Crippen molar-refractivity contribution < 1.29 is 43.5 Å². The molecule has 412 valence electrons. The molecule has 3 aromatic carbocycles. The lowest BCUT2D eigenvalue weighted by Gasteiger charge is -2.27. The number of rotatable bonds is 35. The summed E-state index contributed by atoms with van der Waals surface area (Å²) in [7, 11) is 0. The molecule has 16 N–H and O–H groups in total. The standard InChI is InChI=1S/C55H83N11O9/c1-35(2)30-45(64-48(67)40(58)32-37-18-8-5-9-19-37)52(71)62-43(26-17-28-57)51(70)63-44(55(74)75)24-14-15-29-60-50(69)42(25-16-27-56)61-53(72)46(31-36(3)4)66-54(73)47(34-39-22-12-7-13-23-39)65-49(68)41(59)33-38-20-10-6-11-21-38/h5-13,18-23,35-36,40-47H,14-17,24-34,56-59H2,1-4H3,(H,60,69)(H,61,72)(H,62,71)(H,63,70)(H,64,67)(H,65,68)(H,66,73)(H,74,75)/t40-,41-,42-,43-,44-,45-,46-,47-/m1/s1. The number of amides is 7. The van der Waals surface area contributed by atoms with Crippen molar-refractivity contribution in [3.8, 4) is 0 Å². The first-order chi connectivity index (χ1) is 35.8. The molecule has 3 aromatic rings. The highest BCUT2D eigenvalue weighted by Gasteiger charge is 2.33. The van der Waals surface area contributed by atoms with Crippen molar-refractivity contribution in [1.29, 1.82) is 0 Å². The molecule has 0 fully saturated rings. The molecule has 0 spiro atoms. The minimum absolute atomic E-state index is 0.0194. The third-order valence-electron chi connectivity index (χ3n) is 12.4. The summed E-state index contributed by atoms with van der Waals surface area (Å²) in [6.07, 6.45) is 2.61. The molecule has 0 bridgehead atoms. The van der Waals surface area contributed by atoms with E-state index in [4.69, 9.17) is 22.9 Å². The predicted molar refractivity (Wildman–Crippen MR) is 288 cm³/mol. The molecule has 7 amide bonds. The summed E-state index contributed by atoms with van der Waals surface area (Å²) < 4.78 is 0. The molecular formula is C55H83N11O9. The third kappa shape index (κ3) is 24.0. The molecule has 20 heteroatoms. The van der Waals surface area contributed by atoms with Crippen LogP contribution >= 0.6 is 0 Å². The second-order valence-corrected chi connectivity index (χ2v) is 19.9. The number of unbranched alkanes of at least 4 members (excludes halogenated alkanes) is 1. The lowest BCUT2D eigenvalue weighted by atomic mass is 10.00. The van der Waals surface area contributed by atoms with E-state index in [0.29, 0.717) is 19.3 Å². The second kappa shape index (κ2) is 34.0. The minimum atomic E-state index is -1.34. The van der Waals surface area contributed by atoms with Crippen LogP contribution < -0.4 is 60.2 Å². The molecule has 20 nitrogen and oxygen atoms in total. The highest BCUT2D eigenvalue weighted by Crippen LogP contribution is 2.13. The summed E-state index contributed by atoms with van der Waals surface area (Å²) in [5.41, 5.74) is 26.5. The number of carbonyl (C=O) groups excluding carboxylic acids is 7. The highest BCUT2D eigenvalue weighted by atomic mass is 16.4. The van der Waals surface area contributed by atoms with Crippen LogP contribution in [0.4, 0.5) is 0 Å². The van der Waals surface area contributed by atoms with Crippen molar-refractivity contribution in [3.63, 3.8) is 0 Å². The number of hydrogen-bond donors (Lipinski definition) is 12. The molecule has 0 radical (unpaired) electrons. The van der Waals surface area contributed by atoms with Gasteiger partial charge in [0.05, 0.1) is 12.1 Å². The van der Waals surface area contributed by atoms with Crippen LogP contribution in [0.25, 0.3) is 0 Å². The summed E-state index contributed by atoms with van der Waals surface area (Å²) >= 11 is 0. The fourth-order valence-corrected chi connectivity index (χ4v) is 8.28. The Balaban J connectivity index is 1.62. The number of carboxylic acids is 1. The van der Waals surface area contributed by atoms with E-state index < -0.39 is 95.7 Å². The van der Waals surface area contributed by atoms with E-state index in [2.05, 4.69) is 37.2 Å². The first-order valence-electron chi connectivity index (χ1n) is 26.2. The minimum Gasteiger partial charge on any atom is -0.480 e. The first-order valence-corrected chi connectivity index (χ1v) is 26.2. The predicted octanol–water partition coefficient (Wildman–Crippen LogP) is 1.22. The van der Waals surface area contributed by atoms with Crippen molar-refractivity contribution in [1.82, 2.24) is 37.2 Å². The summed E-state index contributed by atoms with van der Waals surface area (Å²) in [5.74, 6) is -5.56. The van der Waals surface area contributed by atoms with Crippen molar-refractivity contribution >= 4 is 47.3 Å². The Morgan fingerprint density at radius 2 is 0.747 bits per heavy atom. The molecule has 75 heavy (non-hydrogen) atoms. The zero-order valence-corrected chi connectivity index (χ0v) is 44.1. The van der Waals surface area contributed by atoms with E-state index in [1.807, 2.05) is 119 Å². The Morgan fingerprint density at radius 3 is 1.16 bits per heavy atom. The van der Waals surface area contributed by atoms with Crippen LogP contribution in [0.5, 0.6) is 0 Å². The number of hydrogen-bond acceptors (Lipinski definition) is 12. The van der Waals surface area contributed by atoms with Gasteiger partial charge in [-0.25, -0.2) is 4.79 Å². The first kappa shape index (κ1) is 62.6. The van der Waals surface area contributed by atoms with Crippen molar-refractivity contribution in [2.24, 2.45) is 34.8 Å². The molecule has 0 unspecified atom stereocenters. The lowest BCUT2D eigenvalue weighted by Crippen LogP contribution is -2.58. The Bertz CT molecular complexity index is 2240. The van der Waals surface area contributed by atoms with Gasteiger partial charge < -0.3 is 65.3 Å². The normalized spacial score (nSPS) is 14.4. The van der Waals surface area contributed by atoms with E-state index in [1.165, 1.54) is 0 Å². The maximum atomic E-state index is 14.0. The van der Waals surface area contributed by atoms with Gasteiger partial charge >= 0.3 is 5.97 Å². The summed E-state index contributed by atoms with van der Waals surface area (Å²) in [4.78, 5) is 108.